The number of aryl methyl sites for hydroxylation is 1. The van der Waals surface area contributed by atoms with Crippen molar-refractivity contribution in [3.63, 3.8) is 0 Å². The Hall–Kier alpha value is -1.51. The van der Waals surface area contributed by atoms with Crippen molar-refractivity contribution < 1.29 is 8.42 Å². The van der Waals surface area contributed by atoms with E-state index in [2.05, 4.69) is 31.2 Å². The Morgan fingerprint density at radius 2 is 2.10 bits per heavy atom. The molecule has 0 saturated carbocycles. The normalized spacial score (nSPS) is 11.3. The van der Waals surface area contributed by atoms with Crippen LogP contribution in [0.4, 0.5) is 5.69 Å². The Kier molecular flexibility index (Phi) is 4.36. The molecule has 0 atom stereocenters. The summed E-state index contributed by atoms with van der Waals surface area (Å²) in [5.74, 6) is 0.702. The topological polar surface area (TPSA) is 98.0 Å². The number of nitrogens with one attached hydrogen (secondary N) is 1. The average Bonchev–Trinajstić information content (AvgIpc) is 2.36. The zero-order valence-electron chi connectivity index (χ0n) is 10.7. The number of aromatic nitrogens is 2. The minimum atomic E-state index is -3.69. The largest absolute Gasteiger partial charge is 0.378 e. The third-order valence-corrected chi connectivity index (χ3v) is 4.13. The molecule has 1 aromatic carbocycles. The number of halogens is 1. The molecular weight excluding hydrogens is 344 g/mol. The van der Waals surface area contributed by atoms with Crippen molar-refractivity contribution in [3.8, 4) is 0 Å². The fraction of sp³-hybridized carbons (Fsp3) is 0.167. The summed E-state index contributed by atoms with van der Waals surface area (Å²) in [6, 6.07) is 6.38. The molecule has 8 heteroatoms. The van der Waals surface area contributed by atoms with Crippen molar-refractivity contribution in [2.45, 2.75) is 18.4 Å². The fourth-order valence-corrected chi connectivity index (χ4v) is 2.82. The molecule has 0 aliphatic heterocycles. The number of hydrogen-bond donors (Lipinski definition) is 2. The van der Waals surface area contributed by atoms with Crippen LogP contribution in [0.25, 0.3) is 0 Å². The summed E-state index contributed by atoms with van der Waals surface area (Å²) in [6.45, 7) is 2.33. The number of hydrogen-bond acceptors (Lipinski definition) is 5. The van der Waals surface area contributed by atoms with E-state index in [1.54, 1.807) is 12.3 Å². The summed E-state index contributed by atoms with van der Waals surface area (Å²) in [5, 5.41) is 8.23. The van der Waals surface area contributed by atoms with E-state index in [4.69, 9.17) is 5.14 Å². The summed E-state index contributed by atoms with van der Waals surface area (Å²) in [6.07, 6.45) is 1.69. The van der Waals surface area contributed by atoms with Crippen molar-refractivity contribution in [2.75, 3.05) is 5.32 Å². The number of anilines is 1. The van der Waals surface area contributed by atoms with Crippen molar-refractivity contribution in [3.05, 3.63) is 46.5 Å². The summed E-state index contributed by atoms with van der Waals surface area (Å²) < 4.78 is 23.1. The monoisotopic (exact) mass is 356 g/mol. The molecule has 1 heterocycles. The van der Waals surface area contributed by atoms with Crippen LogP contribution in [0, 0.1) is 6.92 Å². The standard InChI is InChI=1S/C12H13BrN4O2S/c1-8-15-5-4-9(17-8)7-16-12-3-2-10(6-11(12)13)20(14,18)19/h2-6,16H,7H2,1H3,(H2,14,18,19). The summed E-state index contributed by atoms with van der Waals surface area (Å²) in [5.41, 5.74) is 1.61. The average molecular weight is 357 g/mol. The highest BCUT2D eigenvalue weighted by Gasteiger charge is 2.10. The third kappa shape index (κ3) is 3.75. The Balaban J connectivity index is 2.15. The first-order chi connectivity index (χ1) is 9.36. The van der Waals surface area contributed by atoms with E-state index in [-0.39, 0.29) is 4.90 Å². The highest BCUT2D eigenvalue weighted by molar-refractivity contribution is 9.10. The SMILES string of the molecule is Cc1nccc(CNc2ccc(S(N)(=O)=O)cc2Br)n1. The van der Waals surface area contributed by atoms with Gasteiger partial charge in [0.05, 0.1) is 17.1 Å². The van der Waals surface area contributed by atoms with Gasteiger partial charge >= 0.3 is 0 Å². The highest BCUT2D eigenvalue weighted by atomic mass is 79.9. The molecule has 1 aromatic heterocycles. The first-order valence-electron chi connectivity index (χ1n) is 5.71. The number of primary sulfonamides is 1. The predicted molar refractivity (Wildman–Crippen MR) is 79.6 cm³/mol. The molecule has 0 spiro atoms. The second-order valence-electron chi connectivity index (χ2n) is 4.14. The van der Waals surface area contributed by atoms with Gasteiger partial charge in [-0.25, -0.2) is 23.5 Å². The van der Waals surface area contributed by atoms with Crippen LogP contribution in [-0.2, 0) is 16.6 Å². The molecule has 0 aliphatic carbocycles. The minimum absolute atomic E-state index is 0.0628. The number of sulfonamides is 1. The summed E-state index contributed by atoms with van der Waals surface area (Å²) in [4.78, 5) is 8.35. The molecule has 0 saturated heterocycles. The van der Waals surface area contributed by atoms with Gasteiger partial charge in [0, 0.05) is 16.4 Å². The van der Waals surface area contributed by atoms with E-state index in [0.29, 0.717) is 16.8 Å². The van der Waals surface area contributed by atoms with Crippen LogP contribution in [0.1, 0.15) is 11.5 Å². The molecule has 106 valence electrons. The van der Waals surface area contributed by atoms with E-state index >= 15 is 0 Å². The Labute approximate surface area is 125 Å². The smallest absolute Gasteiger partial charge is 0.238 e. The minimum Gasteiger partial charge on any atom is -0.378 e. The molecule has 0 unspecified atom stereocenters. The number of benzene rings is 1. The van der Waals surface area contributed by atoms with E-state index in [1.807, 2.05) is 13.0 Å². The number of nitrogens with two attached hydrogens (primary N) is 1. The lowest BCUT2D eigenvalue weighted by atomic mass is 10.3. The number of rotatable bonds is 4. The van der Waals surface area contributed by atoms with Gasteiger partial charge in [0.1, 0.15) is 5.82 Å². The molecule has 20 heavy (non-hydrogen) atoms. The quantitative estimate of drug-likeness (QED) is 0.870. The lowest BCUT2D eigenvalue weighted by Crippen LogP contribution is -2.12. The molecule has 0 aliphatic rings. The lowest BCUT2D eigenvalue weighted by molar-refractivity contribution is 0.598. The lowest BCUT2D eigenvalue weighted by Gasteiger charge is -2.09. The van der Waals surface area contributed by atoms with Crippen LogP contribution < -0.4 is 10.5 Å². The first-order valence-corrected chi connectivity index (χ1v) is 8.05. The van der Waals surface area contributed by atoms with Crippen molar-refractivity contribution in [1.29, 1.82) is 0 Å². The molecule has 3 N–H and O–H groups in total. The van der Waals surface area contributed by atoms with E-state index in [0.717, 1.165) is 11.4 Å². The molecule has 0 bridgehead atoms. The Morgan fingerprint density at radius 3 is 2.70 bits per heavy atom. The maximum absolute atomic E-state index is 11.2. The Bertz CT molecular complexity index is 734. The second-order valence-corrected chi connectivity index (χ2v) is 6.55. The van der Waals surface area contributed by atoms with Gasteiger partial charge in [-0.1, -0.05) is 0 Å². The van der Waals surface area contributed by atoms with Crippen LogP contribution in [-0.4, -0.2) is 18.4 Å². The maximum atomic E-state index is 11.2. The summed E-state index contributed by atoms with van der Waals surface area (Å²) in [7, 11) is -3.69. The van der Waals surface area contributed by atoms with E-state index in [1.165, 1.54) is 12.1 Å². The molecule has 2 aromatic rings. The molecule has 6 nitrogen and oxygen atoms in total. The van der Waals surface area contributed by atoms with Crippen LogP contribution >= 0.6 is 15.9 Å². The maximum Gasteiger partial charge on any atom is 0.238 e. The van der Waals surface area contributed by atoms with Crippen molar-refractivity contribution in [2.24, 2.45) is 5.14 Å². The van der Waals surface area contributed by atoms with Gasteiger partial charge in [-0.05, 0) is 47.1 Å². The van der Waals surface area contributed by atoms with Gasteiger partial charge in [0.25, 0.3) is 0 Å². The highest BCUT2D eigenvalue weighted by Crippen LogP contribution is 2.25. The van der Waals surface area contributed by atoms with E-state index < -0.39 is 10.0 Å². The van der Waals surface area contributed by atoms with E-state index in [9.17, 15) is 8.42 Å². The van der Waals surface area contributed by atoms with Gasteiger partial charge in [0.2, 0.25) is 10.0 Å². The van der Waals surface area contributed by atoms with Crippen molar-refractivity contribution in [1.82, 2.24) is 9.97 Å². The summed E-state index contributed by atoms with van der Waals surface area (Å²) >= 11 is 3.31. The van der Waals surface area contributed by atoms with Gasteiger partial charge in [-0.3, -0.25) is 0 Å². The fourth-order valence-electron chi connectivity index (χ4n) is 1.61. The molecule has 0 fully saturated rings. The van der Waals surface area contributed by atoms with Crippen LogP contribution in [0.5, 0.6) is 0 Å². The zero-order chi connectivity index (χ0) is 14.8. The second kappa shape index (κ2) is 5.86. The van der Waals surface area contributed by atoms with Gasteiger partial charge in [-0.15, -0.1) is 0 Å². The Morgan fingerprint density at radius 1 is 1.35 bits per heavy atom. The third-order valence-electron chi connectivity index (χ3n) is 2.56. The molecular formula is C12H13BrN4O2S. The van der Waals surface area contributed by atoms with Gasteiger partial charge in [-0.2, -0.15) is 0 Å². The van der Waals surface area contributed by atoms with Gasteiger partial charge < -0.3 is 5.32 Å². The van der Waals surface area contributed by atoms with Crippen LogP contribution in [0.15, 0.2) is 39.8 Å². The molecule has 0 radical (unpaired) electrons. The predicted octanol–water partition coefficient (Wildman–Crippen LogP) is 1.81. The molecule has 0 amide bonds. The van der Waals surface area contributed by atoms with Crippen molar-refractivity contribution >= 4 is 31.6 Å². The first kappa shape index (κ1) is 14.9. The number of nitrogens with zero attached hydrogens (tertiary/aromatic N) is 2. The van der Waals surface area contributed by atoms with Crippen LogP contribution in [0.2, 0.25) is 0 Å². The van der Waals surface area contributed by atoms with Gasteiger partial charge in [0.15, 0.2) is 0 Å². The van der Waals surface area contributed by atoms with Crippen LogP contribution in [0.3, 0.4) is 0 Å². The zero-order valence-corrected chi connectivity index (χ0v) is 13.1. The molecule has 2 rings (SSSR count).